The Morgan fingerprint density at radius 1 is 1.91 bits per heavy atom. The summed E-state index contributed by atoms with van der Waals surface area (Å²) in [5, 5.41) is 0. The SMILES string of the molecule is C=CC(=O)C1OC=C(CC)O1. The summed E-state index contributed by atoms with van der Waals surface area (Å²) in [6, 6.07) is 0. The molecule has 0 aromatic heterocycles. The third-order valence-corrected chi connectivity index (χ3v) is 1.36. The van der Waals surface area contributed by atoms with Crippen LogP contribution >= 0.6 is 0 Å². The van der Waals surface area contributed by atoms with Gasteiger partial charge in [0, 0.05) is 6.42 Å². The van der Waals surface area contributed by atoms with E-state index in [1.165, 1.54) is 12.3 Å². The van der Waals surface area contributed by atoms with Gasteiger partial charge in [0.25, 0.3) is 0 Å². The van der Waals surface area contributed by atoms with Gasteiger partial charge in [0.2, 0.25) is 5.78 Å². The molecule has 3 nitrogen and oxygen atoms in total. The standard InChI is InChI=1S/C8H10O3/c1-3-6-5-10-8(11-6)7(9)4-2/h4-5,8H,2-3H2,1H3. The summed E-state index contributed by atoms with van der Waals surface area (Å²) in [5.74, 6) is 0.454. The van der Waals surface area contributed by atoms with Crippen LogP contribution in [0.5, 0.6) is 0 Å². The van der Waals surface area contributed by atoms with Crippen LogP contribution in [-0.4, -0.2) is 12.1 Å². The van der Waals surface area contributed by atoms with E-state index in [1.807, 2.05) is 6.92 Å². The highest BCUT2D eigenvalue weighted by atomic mass is 16.7. The number of ether oxygens (including phenoxy) is 2. The van der Waals surface area contributed by atoms with Crippen LogP contribution in [0.25, 0.3) is 0 Å². The van der Waals surface area contributed by atoms with Gasteiger partial charge in [-0.3, -0.25) is 4.79 Å². The minimum absolute atomic E-state index is 0.246. The Kier molecular flexibility index (Phi) is 2.31. The molecule has 0 radical (unpaired) electrons. The fourth-order valence-electron chi connectivity index (χ4n) is 0.719. The van der Waals surface area contributed by atoms with E-state index in [1.54, 1.807) is 0 Å². The van der Waals surface area contributed by atoms with Crippen molar-refractivity contribution in [3.05, 3.63) is 24.7 Å². The number of rotatable bonds is 3. The minimum Gasteiger partial charge on any atom is -0.452 e. The quantitative estimate of drug-likeness (QED) is 0.576. The van der Waals surface area contributed by atoms with Crippen LogP contribution in [0.15, 0.2) is 24.7 Å². The zero-order valence-electron chi connectivity index (χ0n) is 6.37. The topological polar surface area (TPSA) is 35.5 Å². The summed E-state index contributed by atoms with van der Waals surface area (Å²) in [6.07, 6.45) is 2.60. The number of hydrogen-bond donors (Lipinski definition) is 0. The molecule has 0 aromatic rings. The molecule has 0 amide bonds. The highest BCUT2D eigenvalue weighted by Crippen LogP contribution is 2.17. The monoisotopic (exact) mass is 154 g/mol. The van der Waals surface area contributed by atoms with Crippen molar-refractivity contribution in [3.8, 4) is 0 Å². The molecule has 0 saturated carbocycles. The molecule has 1 atom stereocenters. The van der Waals surface area contributed by atoms with Gasteiger partial charge in [-0.2, -0.15) is 0 Å². The van der Waals surface area contributed by atoms with E-state index in [0.29, 0.717) is 5.76 Å². The fraction of sp³-hybridized carbons (Fsp3) is 0.375. The normalized spacial score (nSPS) is 21.5. The average molecular weight is 154 g/mol. The third kappa shape index (κ3) is 1.61. The molecule has 0 N–H and O–H groups in total. The second-order valence-electron chi connectivity index (χ2n) is 2.13. The van der Waals surface area contributed by atoms with Gasteiger partial charge < -0.3 is 9.47 Å². The van der Waals surface area contributed by atoms with Gasteiger partial charge in [0.05, 0.1) is 0 Å². The summed E-state index contributed by atoms with van der Waals surface area (Å²) in [6.45, 7) is 5.25. The molecular weight excluding hydrogens is 144 g/mol. The largest absolute Gasteiger partial charge is 0.452 e. The molecule has 0 aromatic carbocycles. The van der Waals surface area contributed by atoms with Crippen LogP contribution in [0.4, 0.5) is 0 Å². The lowest BCUT2D eigenvalue weighted by molar-refractivity contribution is -0.137. The number of carbonyl (C=O) groups excluding carboxylic acids is 1. The third-order valence-electron chi connectivity index (χ3n) is 1.36. The summed E-state index contributed by atoms with van der Waals surface area (Å²) in [5.41, 5.74) is 0. The Bertz CT molecular complexity index is 205. The van der Waals surface area contributed by atoms with Gasteiger partial charge in [-0.1, -0.05) is 13.5 Å². The smallest absolute Gasteiger partial charge is 0.304 e. The van der Waals surface area contributed by atoms with Gasteiger partial charge >= 0.3 is 6.29 Å². The van der Waals surface area contributed by atoms with Gasteiger partial charge in [-0.15, -0.1) is 0 Å². The highest BCUT2D eigenvalue weighted by molar-refractivity contribution is 5.92. The molecule has 0 aliphatic carbocycles. The van der Waals surface area contributed by atoms with Crippen molar-refractivity contribution >= 4 is 5.78 Å². The highest BCUT2D eigenvalue weighted by Gasteiger charge is 2.23. The maximum absolute atomic E-state index is 10.9. The number of allylic oxidation sites excluding steroid dienone is 1. The Morgan fingerprint density at radius 3 is 3.09 bits per heavy atom. The van der Waals surface area contributed by atoms with E-state index in [9.17, 15) is 4.79 Å². The molecule has 11 heavy (non-hydrogen) atoms. The lowest BCUT2D eigenvalue weighted by Gasteiger charge is -2.06. The first-order valence-corrected chi connectivity index (χ1v) is 3.45. The Labute approximate surface area is 65.3 Å². The Balaban J connectivity index is 2.47. The first-order chi connectivity index (χ1) is 5.27. The van der Waals surface area contributed by atoms with Crippen LogP contribution in [0.3, 0.4) is 0 Å². The number of hydrogen-bond acceptors (Lipinski definition) is 3. The molecule has 0 saturated heterocycles. The van der Waals surface area contributed by atoms with Gasteiger partial charge in [-0.05, 0) is 6.08 Å². The van der Waals surface area contributed by atoms with Crippen LogP contribution < -0.4 is 0 Å². The second-order valence-corrected chi connectivity index (χ2v) is 2.13. The Hall–Kier alpha value is -1.25. The Morgan fingerprint density at radius 2 is 2.64 bits per heavy atom. The van der Waals surface area contributed by atoms with E-state index >= 15 is 0 Å². The first kappa shape index (κ1) is 7.85. The van der Waals surface area contributed by atoms with Crippen molar-refractivity contribution in [1.29, 1.82) is 0 Å². The van der Waals surface area contributed by atoms with Gasteiger partial charge in [0.15, 0.2) is 0 Å². The van der Waals surface area contributed by atoms with Crippen LogP contribution in [0.2, 0.25) is 0 Å². The molecule has 1 unspecified atom stereocenters. The maximum atomic E-state index is 10.9. The molecule has 60 valence electrons. The molecule has 1 rings (SSSR count). The number of ketones is 1. The van der Waals surface area contributed by atoms with E-state index < -0.39 is 6.29 Å². The van der Waals surface area contributed by atoms with Crippen LogP contribution in [-0.2, 0) is 14.3 Å². The van der Waals surface area contributed by atoms with Crippen LogP contribution in [0, 0.1) is 0 Å². The second kappa shape index (κ2) is 3.23. The van der Waals surface area contributed by atoms with Crippen molar-refractivity contribution in [2.45, 2.75) is 19.6 Å². The van der Waals surface area contributed by atoms with Gasteiger partial charge in [-0.25, -0.2) is 0 Å². The van der Waals surface area contributed by atoms with Crippen molar-refractivity contribution in [2.75, 3.05) is 0 Å². The van der Waals surface area contributed by atoms with E-state index in [2.05, 4.69) is 6.58 Å². The predicted molar refractivity (Wildman–Crippen MR) is 39.5 cm³/mol. The van der Waals surface area contributed by atoms with E-state index in [4.69, 9.17) is 9.47 Å². The summed E-state index contributed by atoms with van der Waals surface area (Å²) < 4.78 is 9.99. The lowest BCUT2D eigenvalue weighted by atomic mass is 10.4. The predicted octanol–water partition coefficient (Wildman–Crippen LogP) is 1.37. The first-order valence-electron chi connectivity index (χ1n) is 3.45. The van der Waals surface area contributed by atoms with E-state index in [0.717, 1.165) is 6.42 Å². The van der Waals surface area contributed by atoms with E-state index in [-0.39, 0.29) is 5.78 Å². The van der Waals surface area contributed by atoms with Crippen LogP contribution in [0.1, 0.15) is 13.3 Å². The molecule has 1 heterocycles. The molecule has 1 aliphatic heterocycles. The summed E-state index contributed by atoms with van der Waals surface area (Å²) in [4.78, 5) is 10.9. The molecule has 0 bridgehead atoms. The summed E-state index contributed by atoms with van der Waals surface area (Å²) >= 11 is 0. The summed E-state index contributed by atoms with van der Waals surface area (Å²) in [7, 11) is 0. The van der Waals surface area contributed by atoms with Crippen molar-refractivity contribution in [1.82, 2.24) is 0 Å². The molecule has 3 heteroatoms. The minimum atomic E-state index is -0.789. The van der Waals surface area contributed by atoms with Gasteiger partial charge in [0.1, 0.15) is 12.0 Å². The molecular formula is C8H10O3. The number of carbonyl (C=O) groups is 1. The zero-order chi connectivity index (χ0) is 8.27. The maximum Gasteiger partial charge on any atom is 0.304 e. The average Bonchev–Trinajstić information content (AvgIpc) is 2.50. The lowest BCUT2D eigenvalue weighted by Crippen LogP contribution is -2.19. The molecule has 0 fully saturated rings. The fourth-order valence-corrected chi connectivity index (χ4v) is 0.719. The molecule has 0 spiro atoms. The van der Waals surface area contributed by atoms with Crippen molar-refractivity contribution in [3.63, 3.8) is 0 Å². The molecule has 1 aliphatic rings. The van der Waals surface area contributed by atoms with Crippen molar-refractivity contribution in [2.24, 2.45) is 0 Å². The van der Waals surface area contributed by atoms with Crippen molar-refractivity contribution < 1.29 is 14.3 Å². The zero-order valence-corrected chi connectivity index (χ0v) is 6.37.